The van der Waals surface area contributed by atoms with Gasteiger partial charge in [-0.25, -0.2) is 13.6 Å². The van der Waals surface area contributed by atoms with Crippen molar-refractivity contribution in [2.75, 3.05) is 0 Å². The lowest BCUT2D eigenvalue weighted by molar-refractivity contribution is -0.138. The van der Waals surface area contributed by atoms with Gasteiger partial charge in [0.15, 0.2) is 5.69 Å². The van der Waals surface area contributed by atoms with Crippen molar-refractivity contribution in [1.29, 1.82) is 0 Å². The maximum Gasteiger partial charge on any atom is 0.420 e. The van der Waals surface area contributed by atoms with Crippen LogP contribution in [0.3, 0.4) is 0 Å². The zero-order chi connectivity index (χ0) is 17.7. The van der Waals surface area contributed by atoms with Crippen LogP contribution in [0.1, 0.15) is 66.2 Å². The van der Waals surface area contributed by atoms with Gasteiger partial charge in [-0.05, 0) is 31.6 Å². The molecular weight excluding hydrogens is 335 g/mol. The highest BCUT2D eigenvalue weighted by molar-refractivity contribution is 5.88. The van der Waals surface area contributed by atoms with Crippen LogP contribution in [0.25, 0.3) is 0 Å². The number of aromatic nitrogens is 2. The SMILES string of the molecule is O=C(O)c1c(C(F)(F)F)c(C2CC2)nn1CC1CCC(F)(F)CC1. The summed E-state index contributed by atoms with van der Waals surface area (Å²) in [5.41, 5.74) is -2.28. The molecule has 0 unspecified atom stereocenters. The Morgan fingerprint density at radius 1 is 1.21 bits per heavy atom. The molecule has 9 heteroatoms. The van der Waals surface area contributed by atoms with Gasteiger partial charge in [-0.1, -0.05) is 0 Å². The molecule has 0 saturated heterocycles. The van der Waals surface area contributed by atoms with Gasteiger partial charge in [0.25, 0.3) is 0 Å². The molecule has 2 saturated carbocycles. The fourth-order valence-corrected chi connectivity index (χ4v) is 3.28. The zero-order valence-corrected chi connectivity index (χ0v) is 12.7. The summed E-state index contributed by atoms with van der Waals surface area (Å²) in [5, 5.41) is 13.2. The number of carboxylic acid groups (broad SMARTS) is 1. The lowest BCUT2D eigenvalue weighted by Gasteiger charge is -2.28. The number of carboxylic acids is 1. The van der Waals surface area contributed by atoms with Crippen molar-refractivity contribution in [2.24, 2.45) is 5.92 Å². The zero-order valence-electron chi connectivity index (χ0n) is 12.7. The van der Waals surface area contributed by atoms with Crippen LogP contribution in [0.5, 0.6) is 0 Å². The lowest BCUT2D eigenvalue weighted by atomic mass is 9.87. The number of rotatable bonds is 4. The molecule has 0 radical (unpaired) electrons. The highest BCUT2D eigenvalue weighted by atomic mass is 19.4. The molecule has 1 aromatic heterocycles. The molecule has 0 spiro atoms. The van der Waals surface area contributed by atoms with E-state index in [2.05, 4.69) is 5.10 Å². The third kappa shape index (κ3) is 3.39. The molecular formula is C15H17F5N2O2. The Morgan fingerprint density at radius 2 is 1.79 bits per heavy atom. The van der Waals surface area contributed by atoms with Crippen LogP contribution in [0.2, 0.25) is 0 Å². The van der Waals surface area contributed by atoms with Crippen LogP contribution in [-0.4, -0.2) is 26.8 Å². The number of hydrogen-bond acceptors (Lipinski definition) is 2. The maximum absolute atomic E-state index is 13.3. The minimum atomic E-state index is -4.80. The van der Waals surface area contributed by atoms with Gasteiger partial charge in [-0.15, -0.1) is 0 Å². The molecule has 2 aliphatic rings. The normalized spacial score (nSPS) is 21.9. The predicted octanol–water partition coefficient (Wildman–Crippen LogP) is 4.30. The van der Waals surface area contributed by atoms with Gasteiger partial charge >= 0.3 is 12.1 Å². The number of halogens is 5. The van der Waals surface area contributed by atoms with Gasteiger partial charge in [0, 0.05) is 25.3 Å². The van der Waals surface area contributed by atoms with Crippen molar-refractivity contribution >= 4 is 5.97 Å². The molecule has 134 valence electrons. The summed E-state index contributed by atoms with van der Waals surface area (Å²) in [6, 6.07) is 0. The summed E-state index contributed by atoms with van der Waals surface area (Å²) in [6.07, 6.45) is -4.07. The van der Waals surface area contributed by atoms with E-state index in [1.807, 2.05) is 0 Å². The average Bonchev–Trinajstić information content (AvgIpc) is 3.21. The van der Waals surface area contributed by atoms with E-state index >= 15 is 0 Å². The Morgan fingerprint density at radius 3 is 2.25 bits per heavy atom. The molecule has 2 fully saturated rings. The lowest BCUT2D eigenvalue weighted by Crippen LogP contribution is -2.28. The standard InChI is InChI=1S/C15H17F5N2O2/c16-14(17)5-3-8(4-6-14)7-22-12(13(23)24)10(15(18,19)20)11(21-22)9-1-2-9/h8-9H,1-7H2,(H,23,24). The van der Waals surface area contributed by atoms with Gasteiger partial charge in [0.05, 0.1) is 5.69 Å². The van der Waals surface area contributed by atoms with E-state index in [1.54, 1.807) is 0 Å². The van der Waals surface area contributed by atoms with E-state index in [0.29, 0.717) is 12.8 Å². The third-order valence-corrected chi connectivity index (χ3v) is 4.70. The van der Waals surface area contributed by atoms with Crippen LogP contribution >= 0.6 is 0 Å². The number of nitrogens with zero attached hydrogens (tertiary/aromatic N) is 2. The molecule has 24 heavy (non-hydrogen) atoms. The van der Waals surface area contributed by atoms with E-state index < -0.39 is 29.3 Å². The van der Waals surface area contributed by atoms with Gasteiger partial charge in [-0.3, -0.25) is 4.68 Å². The number of aromatic carboxylic acids is 1. The molecule has 1 aromatic rings. The fourth-order valence-electron chi connectivity index (χ4n) is 3.28. The smallest absolute Gasteiger partial charge is 0.420 e. The van der Waals surface area contributed by atoms with E-state index in [4.69, 9.17) is 0 Å². The van der Waals surface area contributed by atoms with Crippen LogP contribution in [0.15, 0.2) is 0 Å². The van der Waals surface area contributed by atoms with Crippen molar-refractivity contribution in [2.45, 2.75) is 63.1 Å². The molecule has 1 heterocycles. The molecule has 4 nitrogen and oxygen atoms in total. The Hall–Kier alpha value is -1.67. The first-order valence-corrected chi connectivity index (χ1v) is 7.87. The summed E-state index contributed by atoms with van der Waals surface area (Å²) in [4.78, 5) is 11.4. The van der Waals surface area contributed by atoms with Crippen molar-refractivity contribution in [3.63, 3.8) is 0 Å². The molecule has 0 bridgehead atoms. The maximum atomic E-state index is 13.3. The second-order valence-corrected chi connectivity index (χ2v) is 6.67. The Kier molecular flexibility index (Phi) is 4.08. The first kappa shape index (κ1) is 17.2. The topological polar surface area (TPSA) is 55.1 Å². The largest absolute Gasteiger partial charge is 0.477 e. The third-order valence-electron chi connectivity index (χ3n) is 4.70. The number of carbonyl (C=O) groups is 1. The van der Waals surface area contributed by atoms with Crippen molar-refractivity contribution < 1.29 is 31.9 Å². The van der Waals surface area contributed by atoms with Crippen LogP contribution in [-0.2, 0) is 12.7 Å². The average molecular weight is 352 g/mol. The molecule has 0 aliphatic heterocycles. The first-order chi connectivity index (χ1) is 11.1. The highest BCUT2D eigenvalue weighted by Crippen LogP contribution is 2.47. The van der Waals surface area contributed by atoms with Crippen molar-refractivity contribution in [3.8, 4) is 0 Å². The Labute approximate surface area is 134 Å². The van der Waals surface area contributed by atoms with Gasteiger partial charge in [-0.2, -0.15) is 18.3 Å². The van der Waals surface area contributed by atoms with Crippen LogP contribution < -0.4 is 0 Å². The number of alkyl halides is 5. The fraction of sp³-hybridized carbons (Fsp3) is 0.733. The quantitative estimate of drug-likeness (QED) is 0.822. The number of hydrogen-bond donors (Lipinski definition) is 1. The molecule has 1 N–H and O–H groups in total. The molecule has 0 amide bonds. The van der Waals surface area contributed by atoms with Gasteiger partial charge in [0.2, 0.25) is 5.92 Å². The summed E-state index contributed by atoms with van der Waals surface area (Å²) in [6.45, 7) is -0.0759. The van der Waals surface area contributed by atoms with Crippen LogP contribution in [0.4, 0.5) is 22.0 Å². The summed E-state index contributed by atoms with van der Waals surface area (Å²) in [7, 11) is 0. The van der Waals surface area contributed by atoms with E-state index in [9.17, 15) is 31.9 Å². The van der Waals surface area contributed by atoms with Crippen LogP contribution in [0, 0.1) is 5.92 Å². The summed E-state index contributed by atoms with van der Waals surface area (Å²) < 4.78 is 67.3. The minimum Gasteiger partial charge on any atom is -0.477 e. The summed E-state index contributed by atoms with van der Waals surface area (Å²) in [5.74, 6) is -5.10. The second-order valence-electron chi connectivity index (χ2n) is 6.67. The van der Waals surface area contributed by atoms with Crippen molar-refractivity contribution in [3.05, 3.63) is 17.0 Å². The molecule has 3 rings (SSSR count). The van der Waals surface area contributed by atoms with Crippen molar-refractivity contribution in [1.82, 2.24) is 9.78 Å². The minimum absolute atomic E-state index is 0.0759. The summed E-state index contributed by atoms with van der Waals surface area (Å²) >= 11 is 0. The molecule has 0 aromatic carbocycles. The highest BCUT2D eigenvalue weighted by Gasteiger charge is 2.46. The molecule has 2 aliphatic carbocycles. The Balaban J connectivity index is 1.91. The second kappa shape index (κ2) is 5.70. The van der Waals surface area contributed by atoms with Gasteiger partial charge < -0.3 is 5.11 Å². The first-order valence-electron chi connectivity index (χ1n) is 7.87. The van der Waals surface area contributed by atoms with Gasteiger partial charge in [0.1, 0.15) is 5.56 Å². The van der Waals surface area contributed by atoms with E-state index in [1.165, 1.54) is 0 Å². The molecule has 0 atom stereocenters. The predicted molar refractivity (Wildman–Crippen MR) is 73.1 cm³/mol. The monoisotopic (exact) mass is 352 g/mol. The van der Waals surface area contributed by atoms with E-state index in [0.717, 1.165) is 4.68 Å². The van der Waals surface area contributed by atoms with E-state index in [-0.39, 0.29) is 49.8 Å². The Bertz CT molecular complexity index is 639.